The van der Waals surface area contributed by atoms with Crippen molar-refractivity contribution in [2.75, 3.05) is 6.61 Å². The smallest absolute Gasteiger partial charge is 0.396 e. The summed E-state index contributed by atoms with van der Waals surface area (Å²) in [7, 11) is 0. The second kappa shape index (κ2) is 7.81. The normalized spacial score (nSPS) is 16.5. The van der Waals surface area contributed by atoms with E-state index in [4.69, 9.17) is 5.11 Å². The second-order valence-corrected chi connectivity index (χ2v) is 5.93. The maximum Gasteiger partial charge on any atom is 0.435 e. The van der Waals surface area contributed by atoms with Gasteiger partial charge in [0.1, 0.15) is 6.54 Å². The number of hydrogen-bond donors (Lipinski definition) is 2. The molecule has 0 aromatic carbocycles. The van der Waals surface area contributed by atoms with Crippen molar-refractivity contribution in [3.63, 3.8) is 0 Å². The molecule has 1 heterocycles. The highest BCUT2D eigenvalue weighted by molar-refractivity contribution is 5.76. The lowest BCUT2D eigenvalue weighted by atomic mass is 9.95. The Kier molecular flexibility index (Phi) is 6.04. The molecule has 5 nitrogen and oxygen atoms in total. The van der Waals surface area contributed by atoms with Gasteiger partial charge < -0.3 is 10.4 Å². The van der Waals surface area contributed by atoms with E-state index in [0.29, 0.717) is 0 Å². The lowest BCUT2D eigenvalue weighted by Crippen LogP contribution is -2.38. The fraction of sp³-hybridized carbons (Fsp3) is 0.733. The number of carbonyl (C=O) groups excluding carboxylic acids is 1. The molecule has 1 aromatic heterocycles. The van der Waals surface area contributed by atoms with E-state index >= 15 is 0 Å². The van der Waals surface area contributed by atoms with E-state index in [0.717, 1.165) is 36.8 Å². The van der Waals surface area contributed by atoms with Crippen molar-refractivity contribution in [3.8, 4) is 0 Å². The quantitative estimate of drug-likeness (QED) is 0.839. The number of hydrogen-bond acceptors (Lipinski definition) is 3. The molecule has 1 amide bonds. The van der Waals surface area contributed by atoms with Crippen molar-refractivity contribution in [3.05, 3.63) is 17.5 Å². The number of alkyl halides is 3. The van der Waals surface area contributed by atoms with Crippen molar-refractivity contribution < 1.29 is 23.1 Å². The number of amides is 1. The molecule has 2 rings (SSSR count). The van der Waals surface area contributed by atoms with Crippen LogP contribution >= 0.6 is 0 Å². The van der Waals surface area contributed by atoms with Crippen LogP contribution in [-0.2, 0) is 23.9 Å². The molecule has 0 aliphatic heterocycles. The van der Waals surface area contributed by atoms with Crippen LogP contribution in [0, 0.1) is 0 Å². The summed E-state index contributed by atoms with van der Waals surface area (Å²) in [5.74, 6) is -0.318. The van der Waals surface area contributed by atoms with Gasteiger partial charge in [0.25, 0.3) is 0 Å². The van der Waals surface area contributed by atoms with E-state index < -0.39 is 11.9 Å². The molecule has 0 saturated heterocycles. The Labute approximate surface area is 132 Å². The van der Waals surface area contributed by atoms with Crippen LogP contribution in [0.15, 0.2) is 6.20 Å². The Balaban J connectivity index is 2.01. The molecule has 0 radical (unpaired) electrons. The first-order valence-electron chi connectivity index (χ1n) is 7.94. The van der Waals surface area contributed by atoms with Crippen molar-refractivity contribution in [1.82, 2.24) is 15.1 Å². The standard InChI is InChI=1S/C15H22F3N3O2/c16-15(17,18)14-11(5-4-8-22)9-21(20-14)10-13(23)19-12-6-2-1-3-7-12/h9,12,22H,1-8,10H2,(H,19,23). The van der Waals surface area contributed by atoms with Crippen LogP contribution in [0.5, 0.6) is 0 Å². The van der Waals surface area contributed by atoms with E-state index in [2.05, 4.69) is 10.4 Å². The molecule has 1 aliphatic carbocycles. The average molecular weight is 333 g/mol. The van der Waals surface area contributed by atoms with Gasteiger partial charge in [-0.15, -0.1) is 0 Å². The molecule has 0 unspecified atom stereocenters. The SMILES string of the molecule is O=C(Cn1cc(CCCO)c(C(F)(F)F)n1)NC1CCCCC1. The van der Waals surface area contributed by atoms with E-state index in [9.17, 15) is 18.0 Å². The summed E-state index contributed by atoms with van der Waals surface area (Å²) in [6.07, 6.45) is 2.12. The minimum Gasteiger partial charge on any atom is -0.396 e. The first-order chi connectivity index (χ1) is 10.9. The van der Waals surface area contributed by atoms with Gasteiger partial charge in [-0.2, -0.15) is 18.3 Å². The largest absolute Gasteiger partial charge is 0.435 e. The van der Waals surface area contributed by atoms with Crippen molar-refractivity contribution in [2.45, 2.75) is 63.7 Å². The number of aliphatic hydroxyl groups excluding tert-OH is 1. The zero-order valence-corrected chi connectivity index (χ0v) is 12.9. The number of aromatic nitrogens is 2. The van der Waals surface area contributed by atoms with Crippen LogP contribution in [0.25, 0.3) is 0 Å². The third kappa shape index (κ3) is 5.23. The van der Waals surface area contributed by atoms with Crippen molar-refractivity contribution in [1.29, 1.82) is 0 Å². The van der Waals surface area contributed by atoms with E-state index in [1.54, 1.807) is 0 Å². The molecule has 1 aliphatic rings. The first-order valence-corrected chi connectivity index (χ1v) is 7.94. The predicted molar refractivity (Wildman–Crippen MR) is 77.7 cm³/mol. The summed E-state index contributed by atoms with van der Waals surface area (Å²) in [4.78, 5) is 12.0. The fourth-order valence-corrected chi connectivity index (χ4v) is 2.90. The highest BCUT2D eigenvalue weighted by Gasteiger charge is 2.37. The van der Waals surface area contributed by atoms with Gasteiger partial charge in [-0.1, -0.05) is 19.3 Å². The first kappa shape index (κ1) is 17.8. The summed E-state index contributed by atoms with van der Waals surface area (Å²) in [6, 6.07) is 0.114. The molecule has 0 atom stereocenters. The number of rotatable bonds is 6. The highest BCUT2D eigenvalue weighted by Crippen LogP contribution is 2.31. The van der Waals surface area contributed by atoms with Gasteiger partial charge in [0.05, 0.1) is 0 Å². The molecule has 130 valence electrons. The van der Waals surface area contributed by atoms with Crippen LogP contribution in [0.3, 0.4) is 0 Å². The highest BCUT2D eigenvalue weighted by atomic mass is 19.4. The Morgan fingerprint density at radius 2 is 2.04 bits per heavy atom. The molecular weight excluding hydrogens is 311 g/mol. The second-order valence-electron chi connectivity index (χ2n) is 5.93. The number of aliphatic hydroxyl groups is 1. The molecule has 2 N–H and O–H groups in total. The monoisotopic (exact) mass is 333 g/mol. The lowest BCUT2D eigenvalue weighted by molar-refractivity contribution is -0.142. The molecule has 1 aromatic rings. The summed E-state index contributed by atoms with van der Waals surface area (Å²) >= 11 is 0. The van der Waals surface area contributed by atoms with Gasteiger partial charge in [0.15, 0.2) is 5.69 Å². The average Bonchev–Trinajstić information content (AvgIpc) is 2.89. The number of aryl methyl sites for hydroxylation is 1. The van der Waals surface area contributed by atoms with Crippen LogP contribution < -0.4 is 5.32 Å². The number of nitrogens with zero attached hydrogens (tertiary/aromatic N) is 2. The topological polar surface area (TPSA) is 67.2 Å². The van der Waals surface area contributed by atoms with E-state index in [1.807, 2.05) is 0 Å². The van der Waals surface area contributed by atoms with E-state index in [-0.39, 0.29) is 43.5 Å². The third-order valence-corrected chi connectivity index (χ3v) is 3.99. The number of carbonyl (C=O) groups is 1. The Morgan fingerprint density at radius 3 is 2.65 bits per heavy atom. The molecule has 1 fully saturated rings. The molecule has 23 heavy (non-hydrogen) atoms. The van der Waals surface area contributed by atoms with Gasteiger partial charge in [0.2, 0.25) is 5.91 Å². The minimum atomic E-state index is -4.56. The Hall–Kier alpha value is -1.57. The van der Waals surface area contributed by atoms with Crippen molar-refractivity contribution >= 4 is 5.91 Å². The summed E-state index contributed by atoms with van der Waals surface area (Å²) in [6.45, 7) is -0.413. The number of halogens is 3. The zero-order valence-electron chi connectivity index (χ0n) is 12.9. The fourth-order valence-electron chi connectivity index (χ4n) is 2.90. The lowest BCUT2D eigenvalue weighted by Gasteiger charge is -2.22. The van der Waals surface area contributed by atoms with E-state index in [1.165, 1.54) is 6.20 Å². The maximum absolute atomic E-state index is 13.0. The summed E-state index contributed by atoms with van der Waals surface area (Å²) < 4.78 is 39.9. The molecule has 8 heteroatoms. The summed E-state index contributed by atoms with van der Waals surface area (Å²) in [5.41, 5.74) is -0.964. The third-order valence-electron chi connectivity index (χ3n) is 3.99. The molecular formula is C15H22F3N3O2. The van der Waals surface area contributed by atoms with Crippen molar-refractivity contribution in [2.24, 2.45) is 0 Å². The Bertz CT molecular complexity index is 523. The van der Waals surface area contributed by atoms with Gasteiger partial charge in [-0.05, 0) is 25.7 Å². The van der Waals surface area contributed by atoms with Crippen LogP contribution in [0.2, 0.25) is 0 Å². The molecule has 1 saturated carbocycles. The maximum atomic E-state index is 13.0. The number of nitrogens with one attached hydrogen (secondary N) is 1. The summed E-state index contributed by atoms with van der Waals surface area (Å²) in [5, 5.41) is 15.2. The molecule has 0 bridgehead atoms. The predicted octanol–water partition coefficient (Wildman–Crippen LogP) is 2.28. The zero-order chi connectivity index (χ0) is 16.9. The molecule has 0 spiro atoms. The van der Waals surface area contributed by atoms with Gasteiger partial charge in [-0.3, -0.25) is 9.48 Å². The van der Waals surface area contributed by atoms with Gasteiger partial charge in [-0.25, -0.2) is 0 Å². The van der Waals surface area contributed by atoms with Gasteiger partial charge >= 0.3 is 6.18 Å². The van der Waals surface area contributed by atoms with Gasteiger partial charge in [0, 0.05) is 24.4 Å². The van der Waals surface area contributed by atoms with Crippen LogP contribution in [-0.4, -0.2) is 33.4 Å². The van der Waals surface area contributed by atoms with Crippen LogP contribution in [0.4, 0.5) is 13.2 Å². The van der Waals surface area contributed by atoms with Crippen LogP contribution in [0.1, 0.15) is 49.8 Å². The Morgan fingerprint density at radius 1 is 1.35 bits per heavy atom. The minimum absolute atomic E-state index is 0.0111.